The molecule has 1 amide bonds. The van der Waals surface area contributed by atoms with E-state index in [0.29, 0.717) is 16.7 Å². The summed E-state index contributed by atoms with van der Waals surface area (Å²) in [5.41, 5.74) is 1.48. The van der Waals surface area contributed by atoms with Crippen molar-refractivity contribution in [3.8, 4) is 0 Å². The molecule has 0 bridgehead atoms. The molecule has 0 atom stereocenters. The van der Waals surface area contributed by atoms with Crippen LogP contribution in [0.1, 0.15) is 31.1 Å². The lowest BCUT2D eigenvalue weighted by Crippen LogP contribution is -2.39. The largest absolute Gasteiger partial charge is 0.302 e. The number of thioether (sulfide) groups is 1. The van der Waals surface area contributed by atoms with Crippen LogP contribution in [0.25, 0.3) is 10.2 Å². The fourth-order valence-electron chi connectivity index (χ4n) is 3.15. The fourth-order valence-corrected chi connectivity index (χ4v) is 5.24. The normalized spacial score (nSPS) is 11.3. The number of likely N-dealkylation sites (N-methyl/N-ethyl adjacent to an activating group) is 1. The average Bonchev–Trinajstić information content (AvgIpc) is 3.17. The lowest BCUT2D eigenvalue weighted by molar-refractivity contribution is 0.0981. The molecule has 0 radical (unpaired) electrons. The Labute approximate surface area is 185 Å². The van der Waals surface area contributed by atoms with Crippen LogP contribution in [-0.2, 0) is 0 Å². The highest BCUT2D eigenvalue weighted by atomic mass is 35.5. The van der Waals surface area contributed by atoms with E-state index in [2.05, 4.69) is 25.7 Å². The Morgan fingerprint density at radius 2 is 1.83 bits per heavy atom. The second kappa shape index (κ2) is 10.4. The van der Waals surface area contributed by atoms with Gasteiger partial charge in [0.25, 0.3) is 5.91 Å². The Morgan fingerprint density at radius 3 is 2.52 bits per heavy atom. The molecule has 0 N–H and O–H groups in total. The number of hydrogen-bond acceptors (Lipinski definition) is 5. The van der Waals surface area contributed by atoms with E-state index >= 15 is 0 Å². The molecule has 3 rings (SSSR count). The first kappa shape index (κ1) is 22.1. The summed E-state index contributed by atoms with van der Waals surface area (Å²) < 4.78 is 0.990. The lowest BCUT2D eigenvalue weighted by atomic mass is 10.2. The van der Waals surface area contributed by atoms with Gasteiger partial charge < -0.3 is 4.90 Å². The Kier molecular flexibility index (Phi) is 7.95. The molecular weight excluding hydrogens is 422 g/mol. The molecule has 2 aromatic carbocycles. The number of carbonyl (C=O) groups excluding carboxylic acids is 1. The third kappa shape index (κ3) is 5.12. The number of halogens is 1. The number of aromatic nitrogens is 1. The van der Waals surface area contributed by atoms with Gasteiger partial charge in [0.15, 0.2) is 5.13 Å². The molecule has 154 valence electrons. The van der Waals surface area contributed by atoms with Gasteiger partial charge in [-0.25, -0.2) is 4.98 Å². The van der Waals surface area contributed by atoms with Gasteiger partial charge in [-0.2, -0.15) is 0 Å². The van der Waals surface area contributed by atoms with Gasteiger partial charge in [-0.1, -0.05) is 61.9 Å². The third-order valence-corrected chi connectivity index (χ3v) is 7.09. The van der Waals surface area contributed by atoms with Crippen molar-refractivity contribution in [1.29, 1.82) is 0 Å². The monoisotopic (exact) mass is 447 g/mol. The minimum absolute atomic E-state index is 0.0103. The summed E-state index contributed by atoms with van der Waals surface area (Å²) >= 11 is 9.54. The second-order valence-electron chi connectivity index (χ2n) is 6.50. The molecule has 7 heteroatoms. The molecule has 4 nitrogen and oxygen atoms in total. The van der Waals surface area contributed by atoms with E-state index in [1.165, 1.54) is 11.3 Å². The van der Waals surface area contributed by atoms with Crippen molar-refractivity contribution in [3.05, 3.63) is 53.1 Å². The second-order valence-corrected chi connectivity index (χ2v) is 9.22. The number of thiazole rings is 1. The maximum atomic E-state index is 13.6. The molecule has 0 fully saturated rings. The van der Waals surface area contributed by atoms with Crippen molar-refractivity contribution in [1.82, 2.24) is 9.88 Å². The molecule has 0 unspecified atom stereocenters. The number of benzene rings is 2. The van der Waals surface area contributed by atoms with E-state index in [9.17, 15) is 4.79 Å². The summed E-state index contributed by atoms with van der Waals surface area (Å²) in [6.45, 7) is 9.66. The number of carbonyl (C=O) groups is 1. The molecule has 0 aliphatic rings. The van der Waals surface area contributed by atoms with Crippen LogP contribution in [0.2, 0.25) is 5.02 Å². The SMILES string of the molecule is CCSc1ccccc1C(=O)N(CCN(CC)CC)c1nc2c(Cl)cccc2s1. The van der Waals surface area contributed by atoms with Crippen LogP contribution in [0.4, 0.5) is 5.13 Å². The highest BCUT2D eigenvalue weighted by molar-refractivity contribution is 7.99. The van der Waals surface area contributed by atoms with E-state index in [4.69, 9.17) is 16.6 Å². The first-order valence-corrected chi connectivity index (χ1v) is 12.1. The first-order valence-electron chi connectivity index (χ1n) is 9.90. The summed E-state index contributed by atoms with van der Waals surface area (Å²) in [5.74, 6) is 0.907. The Balaban J connectivity index is 2.00. The first-order chi connectivity index (χ1) is 14.1. The Morgan fingerprint density at radius 1 is 1.07 bits per heavy atom. The van der Waals surface area contributed by atoms with Gasteiger partial charge in [-0.05, 0) is 43.1 Å². The minimum atomic E-state index is -0.0103. The smallest absolute Gasteiger partial charge is 0.261 e. The molecule has 29 heavy (non-hydrogen) atoms. The van der Waals surface area contributed by atoms with Crippen LogP contribution in [-0.4, -0.2) is 47.7 Å². The molecule has 0 aliphatic heterocycles. The van der Waals surface area contributed by atoms with Gasteiger partial charge in [0.1, 0.15) is 5.52 Å². The quantitative estimate of drug-likeness (QED) is 0.374. The average molecular weight is 448 g/mol. The molecular formula is C22H26ClN3OS2. The summed E-state index contributed by atoms with van der Waals surface area (Å²) in [6.07, 6.45) is 0. The van der Waals surface area contributed by atoms with Crippen LogP contribution < -0.4 is 4.90 Å². The summed E-state index contributed by atoms with van der Waals surface area (Å²) in [4.78, 5) is 23.5. The van der Waals surface area contributed by atoms with Crippen molar-refractivity contribution < 1.29 is 4.79 Å². The number of rotatable bonds is 9. The molecule has 0 saturated heterocycles. The van der Waals surface area contributed by atoms with Gasteiger partial charge in [-0.15, -0.1) is 11.8 Å². The van der Waals surface area contributed by atoms with E-state index < -0.39 is 0 Å². The summed E-state index contributed by atoms with van der Waals surface area (Å²) in [7, 11) is 0. The number of fused-ring (bicyclic) bond motifs is 1. The standard InChI is InChI=1S/C22H26ClN3OS2/c1-4-25(5-2)14-15-26(21(27)16-10-7-8-12-18(16)28-6-3)22-24-20-17(23)11-9-13-19(20)29-22/h7-13H,4-6,14-15H2,1-3H3. The molecule has 1 aromatic heterocycles. The molecule has 3 aromatic rings. The van der Waals surface area contributed by atoms with Crippen LogP contribution in [0.15, 0.2) is 47.4 Å². The Hall–Kier alpha value is -1.60. The summed E-state index contributed by atoms with van der Waals surface area (Å²) in [6, 6.07) is 13.6. The van der Waals surface area contributed by atoms with Crippen molar-refractivity contribution in [2.75, 3.05) is 36.8 Å². The topological polar surface area (TPSA) is 36.4 Å². The van der Waals surface area contributed by atoms with Crippen LogP contribution >= 0.6 is 34.7 Å². The molecule has 1 heterocycles. The van der Waals surface area contributed by atoms with E-state index in [-0.39, 0.29) is 5.91 Å². The zero-order chi connectivity index (χ0) is 20.8. The minimum Gasteiger partial charge on any atom is -0.302 e. The van der Waals surface area contributed by atoms with E-state index in [1.807, 2.05) is 47.4 Å². The molecule has 0 saturated carbocycles. The highest BCUT2D eigenvalue weighted by Gasteiger charge is 2.24. The van der Waals surface area contributed by atoms with Crippen molar-refractivity contribution in [2.24, 2.45) is 0 Å². The van der Waals surface area contributed by atoms with Crippen LogP contribution in [0.3, 0.4) is 0 Å². The van der Waals surface area contributed by atoms with Crippen LogP contribution in [0.5, 0.6) is 0 Å². The summed E-state index contributed by atoms with van der Waals surface area (Å²) in [5, 5.41) is 1.31. The van der Waals surface area contributed by atoms with E-state index in [0.717, 1.165) is 46.1 Å². The number of amides is 1. The fraction of sp³-hybridized carbons (Fsp3) is 0.364. The van der Waals surface area contributed by atoms with E-state index in [1.54, 1.807) is 11.8 Å². The number of anilines is 1. The zero-order valence-corrected chi connectivity index (χ0v) is 19.4. The van der Waals surface area contributed by atoms with Gasteiger partial charge in [-0.3, -0.25) is 9.69 Å². The van der Waals surface area contributed by atoms with Crippen molar-refractivity contribution >= 4 is 56.0 Å². The van der Waals surface area contributed by atoms with Crippen LogP contribution in [0, 0.1) is 0 Å². The highest BCUT2D eigenvalue weighted by Crippen LogP contribution is 2.34. The lowest BCUT2D eigenvalue weighted by Gasteiger charge is -2.25. The molecule has 0 spiro atoms. The van der Waals surface area contributed by atoms with Gasteiger partial charge in [0, 0.05) is 18.0 Å². The Bertz CT molecular complexity index is 972. The number of hydrogen-bond donors (Lipinski definition) is 0. The van der Waals surface area contributed by atoms with Crippen molar-refractivity contribution in [3.63, 3.8) is 0 Å². The zero-order valence-electron chi connectivity index (χ0n) is 17.0. The van der Waals surface area contributed by atoms with Gasteiger partial charge in [0.2, 0.25) is 0 Å². The predicted molar refractivity (Wildman–Crippen MR) is 127 cm³/mol. The maximum Gasteiger partial charge on any atom is 0.261 e. The third-order valence-electron chi connectivity index (χ3n) is 4.79. The van der Waals surface area contributed by atoms with Gasteiger partial charge in [0.05, 0.1) is 15.3 Å². The number of para-hydroxylation sites is 1. The number of nitrogens with zero attached hydrogens (tertiary/aromatic N) is 3. The predicted octanol–water partition coefficient (Wildman–Crippen LogP) is 6.05. The van der Waals surface area contributed by atoms with Crippen molar-refractivity contribution in [2.45, 2.75) is 25.7 Å². The molecule has 0 aliphatic carbocycles. The van der Waals surface area contributed by atoms with Gasteiger partial charge >= 0.3 is 0 Å². The maximum absolute atomic E-state index is 13.6.